The lowest BCUT2D eigenvalue weighted by Crippen LogP contribution is -2.39. The van der Waals surface area contributed by atoms with Crippen molar-refractivity contribution >= 4 is 5.91 Å². The average molecular weight is 399 g/mol. The van der Waals surface area contributed by atoms with Crippen molar-refractivity contribution in [1.29, 1.82) is 0 Å². The van der Waals surface area contributed by atoms with Gasteiger partial charge in [-0.15, -0.1) is 0 Å². The zero-order valence-corrected chi connectivity index (χ0v) is 17.6. The Hall–Kier alpha value is -2.89. The summed E-state index contributed by atoms with van der Waals surface area (Å²) in [5.41, 5.74) is 1.80. The van der Waals surface area contributed by atoms with Crippen molar-refractivity contribution in [2.24, 2.45) is 5.92 Å². The average Bonchev–Trinajstić information content (AvgIpc) is 2.78. The maximum atomic E-state index is 13.1. The van der Waals surface area contributed by atoms with Gasteiger partial charge in [-0.3, -0.25) is 4.79 Å². The van der Waals surface area contributed by atoms with E-state index < -0.39 is 0 Å². The Morgan fingerprint density at radius 3 is 2.00 bits per heavy atom. The van der Waals surface area contributed by atoms with Crippen molar-refractivity contribution in [3.8, 4) is 23.0 Å². The molecule has 0 spiro atoms. The van der Waals surface area contributed by atoms with Crippen LogP contribution in [-0.2, 0) is 6.42 Å². The van der Waals surface area contributed by atoms with E-state index in [1.165, 1.54) is 5.56 Å². The van der Waals surface area contributed by atoms with E-state index >= 15 is 0 Å². The fourth-order valence-corrected chi connectivity index (χ4v) is 3.80. The van der Waals surface area contributed by atoms with Crippen molar-refractivity contribution in [2.75, 3.05) is 41.5 Å². The highest BCUT2D eigenvalue weighted by molar-refractivity contribution is 5.98. The highest BCUT2D eigenvalue weighted by Crippen LogP contribution is 2.36. The first-order chi connectivity index (χ1) is 14.1. The minimum absolute atomic E-state index is 0.0364. The summed E-state index contributed by atoms with van der Waals surface area (Å²) in [4.78, 5) is 15.0. The van der Waals surface area contributed by atoms with Crippen molar-refractivity contribution in [3.63, 3.8) is 0 Å². The molecule has 0 N–H and O–H groups in total. The molecule has 1 heterocycles. The van der Waals surface area contributed by atoms with E-state index in [2.05, 4.69) is 12.1 Å². The maximum absolute atomic E-state index is 13.1. The largest absolute Gasteiger partial charge is 0.497 e. The number of piperidine rings is 1. The smallest absolute Gasteiger partial charge is 0.257 e. The number of amides is 1. The molecule has 2 aromatic rings. The molecule has 6 nitrogen and oxygen atoms in total. The number of methoxy groups -OCH3 is 4. The third kappa shape index (κ3) is 4.75. The van der Waals surface area contributed by atoms with Crippen LogP contribution in [0.15, 0.2) is 36.4 Å². The van der Waals surface area contributed by atoms with Gasteiger partial charge in [-0.05, 0) is 42.9 Å². The maximum Gasteiger partial charge on any atom is 0.257 e. The van der Waals surface area contributed by atoms with Crippen LogP contribution in [0.3, 0.4) is 0 Å². The van der Waals surface area contributed by atoms with Crippen molar-refractivity contribution < 1.29 is 23.7 Å². The lowest BCUT2D eigenvalue weighted by atomic mass is 9.90. The van der Waals surface area contributed by atoms with Crippen molar-refractivity contribution in [2.45, 2.75) is 19.3 Å². The van der Waals surface area contributed by atoms with E-state index in [-0.39, 0.29) is 5.91 Å². The Balaban J connectivity index is 1.65. The summed E-state index contributed by atoms with van der Waals surface area (Å²) in [6.07, 6.45) is 2.98. The van der Waals surface area contributed by atoms with Crippen LogP contribution >= 0.6 is 0 Å². The summed E-state index contributed by atoms with van der Waals surface area (Å²) in [6, 6.07) is 11.6. The zero-order chi connectivity index (χ0) is 20.8. The van der Waals surface area contributed by atoms with E-state index in [0.717, 1.165) is 38.1 Å². The molecular weight excluding hydrogens is 370 g/mol. The van der Waals surface area contributed by atoms with Gasteiger partial charge in [-0.25, -0.2) is 0 Å². The summed E-state index contributed by atoms with van der Waals surface area (Å²) in [6.45, 7) is 1.47. The molecule has 6 heteroatoms. The van der Waals surface area contributed by atoms with Gasteiger partial charge in [0.25, 0.3) is 5.91 Å². The third-order valence-corrected chi connectivity index (χ3v) is 5.52. The molecule has 156 valence electrons. The second-order valence-corrected chi connectivity index (χ2v) is 7.20. The van der Waals surface area contributed by atoms with Gasteiger partial charge in [0.2, 0.25) is 0 Å². The third-order valence-electron chi connectivity index (χ3n) is 5.52. The molecule has 0 atom stereocenters. The topological polar surface area (TPSA) is 57.2 Å². The van der Waals surface area contributed by atoms with Gasteiger partial charge >= 0.3 is 0 Å². The van der Waals surface area contributed by atoms with E-state index in [9.17, 15) is 4.79 Å². The highest BCUT2D eigenvalue weighted by Gasteiger charge is 2.27. The Labute approximate surface area is 172 Å². The molecule has 2 aromatic carbocycles. The summed E-state index contributed by atoms with van der Waals surface area (Å²) in [5, 5.41) is 0. The number of ether oxygens (including phenoxy) is 4. The summed E-state index contributed by atoms with van der Waals surface area (Å²) >= 11 is 0. The van der Waals surface area contributed by atoms with Gasteiger partial charge in [0.15, 0.2) is 11.5 Å². The van der Waals surface area contributed by atoms with Crippen LogP contribution in [0.1, 0.15) is 28.8 Å². The lowest BCUT2D eigenvalue weighted by Gasteiger charge is -2.32. The number of nitrogens with zero attached hydrogens (tertiary/aromatic N) is 1. The first-order valence-corrected chi connectivity index (χ1v) is 9.81. The molecule has 0 unspecified atom stereocenters. The predicted octanol–water partition coefficient (Wildman–Crippen LogP) is 3.82. The van der Waals surface area contributed by atoms with Gasteiger partial charge in [0.1, 0.15) is 11.5 Å². The van der Waals surface area contributed by atoms with Crippen LogP contribution in [0.2, 0.25) is 0 Å². The number of hydrogen-bond donors (Lipinski definition) is 0. The minimum Gasteiger partial charge on any atom is -0.497 e. The minimum atomic E-state index is -0.0364. The number of benzene rings is 2. The van der Waals surface area contributed by atoms with Crippen molar-refractivity contribution in [3.05, 3.63) is 47.5 Å². The van der Waals surface area contributed by atoms with Gasteiger partial charge in [-0.1, -0.05) is 12.1 Å². The van der Waals surface area contributed by atoms with Crippen LogP contribution in [-0.4, -0.2) is 52.3 Å². The SMILES string of the molecule is COc1ccc(CC2CCN(C(=O)c3cc(OC)c(OC)cc3OC)CC2)cc1. The van der Waals surface area contributed by atoms with Crippen LogP contribution in [0.25, 0.3) is 0 Å². The fourth-order valence-electron chi connectivity index (χ4n) is 3.80. The molecule has 1 aliphatic heterocycles. The zero-order valence-electron chi connectivity index (χ0n) is 17.6. The van der Waals surface area contributed by atoms with Gasteiger partial charge in [0.05, 0.1) is 34.0 Å². The molecule has 0 aromatic heterocycles. The summed E-state index contributed by atoms with van der Waals surface area (Å²) in [7, 11) is 6.35. The Morgan fingerprint density at radius 1 is 0.862 bits per heavy atom. The van der Waals surface area contributed by atoms with Crippen LogP contribution < -0.4 is 18.9 Å². The molecular formula is C23H29NO5. The normalized spacial score (nSPS) is 14.4. The first kappa shape index (κ1) is 20.8. The van der Waals surface area contributed by atoms with E-state index in [4.69, 9.17) is 18.9 Å². The highest BCUT2D eigenvalue weighted by atomic mass is 16.5. The van der Waals surface area contributed by atoms with E-state index in [1.807, 2.05) is 17.0 Å². The number of rotatable bonds is 7. The Morgan fingerprint density at radius 2 is 1.45 bits per heavy atom. The second-order valence-electron chi connectivity index (χ2n) is 7.20. The number of hydrogen-bond acceptors (Lipinski definition) is 5. The fraction of sp³-hybridized carbons (Fsp3) is 0.435. The van der Waals surface area contributed by atoms with Crippen LogP contribution in [0, 0.1) is 5.92 Å². The second kappa shape index (κ2) is 9.54. The lowest BCUT2D eigenvalue weighted by molar-refractivity contribution is 0.0686. The Kier molecular flexibility index (Phi) is 6.86. The van der Waals surface area contributed by atoms with Gasteiger partial charge < -0.3 is 23.8 Å². The monoisotopic (exact) mass is 399 g/mol. The van der Waals surface area contributed by atoms with E-state index in [0.29, 0.717) is 28.7 Å². The molecule has 29 heavy (non-hydrogen) atoms. The summed E-state index contributed by atoms with van der Waals surface area (Å²) < 4.78 is 21.3. The standard InChI is InChI=1S/C23H29NO5/c1-26-18-7-5-16(6-8-18)13-17-9-11-24(12-10-17)23(25)19-14-21(28-3)22(29-4)15-20(19)27-2/h5-8,14-15,17H,9-13H2,1-4H3. The quantitative estimate of drug-likeness (QED) is 0.709. The predicted molar refractivity (Wildman–Crippen MR) is 111 cm³/mol. The number of likely N-dealkylation sites (tertiary alicyclic amines) is 1. The molecule has 1 amide bonds. The summed E-state index contributed by atoms with van der Waals surface area (Å²) in [5.74, 6) is 2.96. The number of carbonyl (C=O) groups excluding carboxylic acids is 1. The molecule has 1 saturated heterocycles. The van der Waals surface area contributed by atoms with Gasteiger partial charge in [-0.2, -0.15) is 0 Å². The van der Waals surface area contributed by atoms with E-state index in [1.54, 1.807) is 40.6 Å². The molecule has 0 aliphatic carbocycles. The first-order valence-electron chi connectivity index (χ1n) is 9.81. The van der Waals surface area contributed by atoms with Crippen LogP contribution in [0.5, 0.6) is 23.0 Å². The molecule has 0 saturated carbocycles. The molecule has 1 fully saturated rings. The van der Waals surface area contributed by atoms with Gasteiger partial charge in [0, 0.05) is 25.2 Å². The Bertz CT molecular complexity index is 826. The van der Waals surface area contributed by atoms with Crippen LogP contribution in [0.4, 0.5) is 0 Å². The number of carbonyl (C=O) groups is 1. The molecule has 3 rings (SSSR count). The molecule has 1 aliphatic rings. The van der Waals surface area contributed by atoms with Crippen molar-refractivity contribution in [1.82, 2.24) is 4.90 Å². The molecule has 0 radical (unpaired) electrons. The molecule has 0 bridgehead atoms.